The van der Waals surface area contributed by atoms with Gasteiger partial charge in [-0.05, 0) is 36.2 Å². The number of carbonyl (C=O) groups is 2. The third-order valence-electron chi connectivity index (χ3n) is 5.43. The summed E-state index contributed by atoms with van der Waals surface area (Å²) in [6.07, 6.45) is 0.612. The van der Waals surface area contributed by atoms with Crippen molar-refractivity contribution in [2.75, 3.05) is 11.9 Å². The van der Waals surface area contributed by atoms with E-state index in [1.165, 1.54) is 35.7 Å². The van der Waals surface area contributed by atoms with Crippen molar-refractivity contribution >= 4 is 49.7 Å². The van der Waals surface area contributed by atoms with Crippen LogP contribution in [0.5, 0.6) is 0 Å². The fourth-order valence-electron chi connectivity index (χ4n) is 3.85. The molecule has 162 valence electrons. The second kappa shape index (κ2) is 8.07. The van der Waals surface area contributed by atoms with Gasteiger partial charge in [0.15, 0.2) is 0 Å². The predicted octanol–water partition coefficient (Wildman–Crippen LogP) is 5.46. The van der Waals surface area contributed by atoms with E-state index in [1.54, 1.807) is 4.90 Å². The second-order valence-corrected chi connectivity index (χ2v) is 9.57. The van der Waals surface area contributed by atoms with Crippen LogP contribution in [-0.2, 0) is 17.8 Å². The lowest BCUT2D eigenvalue weighted by atomic mass is 10.0. The molecule has 0 atom stereocenters. The zero-order valence-electron chi connectivity index (χ0n) is 16.9. The molecule has 0 fully saturated rings. The Bertz CT molecular complexity index is 1330. The summed E-state index contributed by atoms with van der Waals surface area (Å²) in [6.45, 7) is 2.51. The smallest absolute Gasteiger partial charge is 0.262 e. The zero-order chi connectivity index (χ0) is 22.4. The number of anilines is 1. The molecule has 3 heterocycles. The van der Waals surface area contributed by atoms with E-state index in [0.29, 0.717) is 24.5 Å². The minimum atomic E-state index is -0.923. The molecule has 32 heavy (non-hydrogen) atoms. The predicted molar refractivity (Wildman–Crippen MR) is 122 cm³/mol. The molecule has 2 aromatic heterocycles. The van der Waals surface area contributed by atoms with Crippen LogP contribution in [0.15, 0.2) is 42.5 Å². The Morgan fingerprint density at radius 2 is 1.81 bits per heavy atom. The van der Waals surface area contributed by atoms with E-state index in [-0.39, 0.29) is 5.91 Å². The molecule has 1 aliphatic heterocycles. The molecule has 5 rings (SSSR count). The summed E-state index contributed by atoms with van der Waals surface area (Å²) in [7, 11) is 0. The van der Waals surface area contributed by atoms with Gasteiger partial charge in [0.2, 0.25) is 5.91 Å². The van der Waals surface area contributed by atoms with E-state index >= 15 is 0 Å². The number of nitrogens with one attached hydrogen (secondary N) is 1. The molecule has 1 aliphatic rings. The maximum atomic E-state index is 14.2. The van der Waals surface area contributed by atoms with Crippen LogP contribution in [0.1, 0.15) is 27.7 Å². The van der Waals surface area contributed by atoms with Crippen molar-refractivity contribution in [2.45, 2.75) is 19.9 Å². The van der Waals surface area contributed by atoms with Crippen molar-refractivity contribution in [3.8, 4) is 10.6 Å². The first-order valence-electron chi connectivity index (χ1n) is 9.93. The summed E-state index contributed by atoms with van der Waals surface area (Å²) in [5, 5.41) is 3.92. The van der Waals surface area contributed by atoms with Crippen molar-refractivity contribution in [2.24, 2.45) is 0 Å². The normalized spacial score (nSPS) is 13.3. The maximum Gasteiger partial charge on any atom is 0.262 e. The highest BCUT2D eigenvalue weighted by molar-refractivity contribution is 7.23. The number of hydrogen-bond donors (Lipinski definition) is 1. The molecule has 4 aromatic rings. The van der Waals surface area contributed by atoms with Gasteiger partial charge in [-0.3, -0.25) is 9.59 Å². The van der Waals surface area contributed by atoms with Gasteiger partial charge in [0.25, 0.3) is 5.91 Å². The van der Waals surface area contributed by atoms with Crippen molar-refractivity contribution in [3.05, 3.63) is 70.1 Å². The number of benzene rings is 2. The third-order valence-corrected chi connectivity index (χ3v) is 7.61. The lowest BCUT2D eigenvalue weighted by Gasteiger charge is -2.26. The minimum Gasteiger partial charge on any atom is -0.337 e. The minimum absolute atomic E-state index is 0.0235. The zero-order valence-corrected chi connectivity index (χ0v) is 18.6. The number of thiazole rings is 1. The van der Waals surface area contributed by atoms with Crippen LogP contribution in [0, 0.1) is 11.6 Å². The Hall–Kier alpha value is -3.17. The number of thiophene rings is 1. The molecule has 0 saturated carbocycles. The van der Waals surface area contributed by atoms with Crippen LogP contribution >= 0.6 is 22.7 Å². The van der Waals surface area contributed by atoms with Gasteiger partial charge in [-0.2, -0.15) is 0 Å². The quantitative estimate of drug-likeness (QED) is 0.433. The highest BCUT2D eigenvalue weighted by Gasteiger charge is 2.29. The average molecular weight is 470 g/mol. The van der Waals surface area contributed by atoms with Crippen molar-refractivity contribution in [3.63, 3.8) is 0 Å². The Morgan fingerprint density at radius 1 is 1.06 bits per heavy atom. The van der Waals surface area contributed by atoms with Crippen LogP contribution in [-0.4, -0.2) is 28.2 Å². The number of hydrogen-bond acceptors (Lipinski definition) is 5. The average Bonchev–Trinajstić information content (AvgIpc) is 3.33. The molecule has 0 aliphatic carbocycles. The van der Waals surface area contributed by atoms with Gasteiger partial charge in [0.05, 0.1) is 16.8 Å². The fourth-order valence-corrected chi connectivity index (χ4v) is 6.21. The topological polar surface area (TPSA) is 62.3 Å². The second-order valence-electron chi connectivity index (χ2n) is 7.44. The first kappa shape index (κ1) is 20.7. The van der Waals surface area contributed by atoms with Crippen LogP contribution in [0.25, 0.3) is 20.8 Å². The molecule has 0 saturated heterocycles. The molecular weight excluding hydrogens is 452 g/mol. The largest absolute Gasteiger partial charge is 0.337 e. The number of fused-ring (bicyclic) bond motifs is 2. The number of carbonyl (C=O) groups excluding carboxylic acids is 2. The van der Waals surface area contributed by atoms with Gasteiger partial charge < -0.3 is 10.2 Å². The number of amides is 2. The molecule has 2 aromatic carbocycles. The highest BCUT2D eigenvalue weighted by Crippen LogP contribution is 2.45. The van der Waals surface area contributed by atoms with Crippen molar-refractivity contribution in [1.29, 1.82) is 0 Å². The molecular formula is C23H17F2N3O2S2. The number of aromatic nitrogens is 1. The van der Waals surface area contributed by atoms with Crippen LogP contribution in [0.4, 0.5) is 13.8 Å². The van der Waals surface area contributed by atoms with Gasteiger partial charge in [0.1, 0.15) is 27.2 Å². The standard InChI is InChI=1S/C23H17F2N3O2S2/c1-12(29)28-10-9-13-18(11-28)32-23(27-21(30)20-14(24)5-4-6-15(20)25)19(13)22-26-16-7-2-3-8-17(16)31-22/h2-8H,9-11H2,1H3,(H,27,30). The molecule has 0 bridgehead atoms. The highest BCUT2D eigenvalue weighted by atomic mass is 32.1. The Morgan fingerprint density at radius 3 is 2.53 bits per heavy atom. The molecule has 0 spiro atoms. The monoisotopic (exact) mass is 469 g/mol. The molecule has 5 nitrogen and oxygen atoms in total. The van der Waals surface area contributed by atoms with E-state index in [2.05, 4.69) is 5.32 Å². The van der Waals surface area contributed by atoms with Crippen molar-refractivity contribution < 1.29 is 18.4 Å². The van der Waals surface area contributed by atoms with Crippen LogP contribution in [0.3, 0.4) is 0 Å². The maximum absolute atomic E-state index is 14.2. The molecule has 2 amide bonds. The SMILES string of the molecule is CC(=O)N1CCc2c(sc(NC(=O)c3c(F)cccc3F)c2-c2nc3ccccc3s2)C1. The first-order valence-corrected chi connectivity index (χ1v) is 11.6. The Kier molecular flexibility index (Phi) is 5.22. The number of rotatable bonds is 3. The van der Waals surface area contributed by atoms with Crippen molar-refractivity contribution in [1.82, 2.24) is 9.88 Å². The molecule has 9 heteroatoms. The fraction of sp³-hybridized carbons (Fsp3) is 0.174. The van der Waals surface area contributed by atoms with E-state index < -0.39 is 23.1 Å². The summed E-state index contributed by atoms with van der Waals surface area (Å²) < 4.78 is 29.4. The first-order chi connectivity index (χ1) is 15.4. The number of para-hydroxylation sites is 1. The molecule has 0 unspecified atom stereocenters. The van der Waals surface area contributed by atoms with Gasteiger partial charge in [-0.15, -0.1) is 22.7 Å². The van der Waals surface area contributed by atoms with Crippen LogP contribution < -0.4 is 5.32 Å². The Labute approximate surface area is 190 Å². The van der Waals surface area contributed by atoms with Gasteiger partial charge >= 0.3 is 0 Å². The third kappa shape index (κ3) is 3.57. The number of nitrogens with zero attached hydrogens (tertiary/aromatic N) is 2. The van der Waals surface area contributed by atoms with Gasteiger partial charge in [-0.25, -0.2) is 13.8 Å². The van der Waals surface area contributed by atoms with Crippen LogP contribution in [0.2, 0.25) is 0 Å². The Balaban J connectivity index is 1.61. The van der Waals surface area contributed by atoms with E-state index in [9.17, 15) is 18.4 Å². The van der Waals surface area contributed by atoms with E-state index in [4.69, 9.17) is 4.98 Å². The van der Waals surface area contributed by atoms with E-state index in [1.807, 2.05) is 24.3 Å². The summed E-state index contributed by atoms with van der Waals surface area (Å²) in [5.74, 6) is -2.73. The van der Waals surface area contributed by atoms with E-state index in [0.717, 1.165) is 43.4 Å². The summed E-state index contributed by atoms with van der Waals surface area (Å²) in [6, 6.07) is 11.0. The van der Waals surface area contributed by atoms with Gasteiger partial charge in [-0.1, -0.05) is 18.2 Å². The molecule has 1 N–H and O–H groups in total. The van der Waals surface area contributed by atoms with Gasteiger partial charge in [0, 0.05) is 23.9 Å². The summed E-state index contributed by atoms with van der Waals surface area (Å²) in [5.41, 5.74) is 1.99. The summed E-state index contributed by atoms with van der Waals surface area (Å²) >= 11 is 2.81. The lowest BCUT2D eigenvalue weighted by Crippen LogP contribution is -2.33. The number of halogens is 2. The molecule has 0 radical (unpaired) electrons. The summed E-state index contributed by atoms with van der Waals surface area (Å²) in [4.78, 5) is 32.1. The lowest BCUT2D eigenvalue weighted by molar-refractivity contribution is -0.129.